The third kappa shape index (κ3) is 5.80. The summed E-state index contributed by atoms with van der Waals surface area (Å²) in [5.41, 5.74) is 7.13. The summed E-state index contributed by atoms with van der Waals surface area (Å²) in [6.07, 6.45) is 8.43. The minimum Gasteiger partial charge on any atom is -0.496 e. The molecule has 0 heterocycles. The molecule has 6 heteroatoms. The van der Waals surface area contributed by atoms with Crippen LogP contribution in [0.2, 0.25) is 0 Å². The summed E-state index contributed by atoms with van der Waals surface area (Å²) in [4.78, 5) is 15.6. The summed E-state index contributed by atoms with van der Waals surface area (Å²) in [5, 5.41) is 0. The average Bonchev–Trinajstić information content (AvgIpc) is 2.62. The van der Waals surface area contributed by atoms with Gasteiger partial charge in [0, 0.05) is 24.9 Å². The van der Waals surface area contributed by atoms with Gasteiger partial charge >= 0.3 is 0 Å². The van der Waals surface area contributed by atoms with E-state index in [-0.39, 0.29) is 23.7 Å². The molecule has 0 radical (unpaired) electrons. The maximum Gasteiger partial charge on any atom is 0.223 e. The monoisotopic (exact) mass is 386 g/mol. The van der Waals surface area contributed by atoms with Crippen LogP contribution in [0.15, 0.2) is 23.1 Å². The molecular formula is C19H31ClN2O2S. The van der Waals surface area contributed by atoms with Crippen LogP contribution in [0.25, 0.3) is 0 Å². The minimum atomic E-state index is 0. The van der Waals surface area contributed by atoms with Crippen molar-refractivity contribution in [3.05, 3.63) is 23.8 Å². The Morgan fingerprint density at radius 1 is 1.32 bits per heavy atom. The largest absolute Gasteiger partial charge is 0.496 e. The van der Waals surface area contributed by atoms with Gasteiger partial charge in [0.25, 0.3) is 0 Å². The summed E-state index contributed by atoms with van der Waals surface area (Å²) in [7, 11) is 3.56. The number of nitrogens with two attached hydrogens (primary N) is 1. The molecule has 0 aromatic heterocycles. The molecule has 1 amide bonds. The van der Waals surface area contributed by atoms with E-state index in [4.69, 9.17) is 10.5 Å². The fourth-order valence-corrected chi connectivity index (χ4v) is 4.10. The number of carbonyl (C=O) groups is 1. The highest BCUT2D eigenvalue weighted by Gasteiger charge is 2.33. The molecule has 25 heavy (non-hydrogen) atoms. The van der Waals surface area contributed by atoms with Gasteiger partial charge in [0.15, 0.2) is 0 Å². The molecule has 2 N–H and O–H groups in total. The fraction of sp³-hybridized carbons (Fsp3) is 0.632. The van der Waals surface area contributed by atoms with E-state index in [0.717, 1.165) is 29.1 Å². The number of amides is 1. The van der Waals surface area contributed by atoms with E-state index < -0.39 is 0 Å². The van der Waals surface area contributed by atoms with Crippen molar-refractivity contribution in [2.75, 3.05) is 27.0 Å². The van der Waals surface area contributed by atoms with Crippen molar-refractivity contribution in [3.8, 4) is 5.75 Å². The molecule has 0 bridgehead atoms. The molecule has 0 spiro atoms. The van der Waals surface area contributed by atoms with E-state index in [1.165, 1.54) is 19.3 Å². The lowest BCUT2D eigenvalue weighted by atomic mass is 9.71. The van der Waals surface area contributed by atoms with Gasteiger partial charge < -0.3 is 15.4 Å². The van der Waals surface area contributed by atoms with Crippen LogP contribution in [0.4, 0.5) is 0 Å². The lowest BCUT2D eigenvalue weighted by Gasteiger charge is -2.36. The van der Waals surface area contributed by atoms with Crippen molar-refractivity contribution in [1.82, 2.24) is 4.90 Å². The first-order chi connectivity index (χ1) is 11.5. The zero-order chi connectivity index (χ0) is 17.6. The first-order valence-corrected chi connectivity index (χ1v) is 9.91. The summed E-state index contributed by atoms with van der Waals surface area (Å²) in [6.45, 7) is 1.22. The van der Waals surface area contributed by atoms with Gasteiger partial charge in [-0.25, -0.2) is 0 Å². The predicted octanol–water partition coefficient (Wildman–Crippen LogP) is 4.10. The fourth-order valence-electron chi connectivity index (χ4n) is 3.55. The number of halogens is 1. The zero-order valence-corrected chi connectivity index (χ0v) is 17.2. The molecule has 142 valence electrons. The van der Waals surface area contributed by atoms with Crippen LogP contribution in [0.1, 0.15) is 44.1 Å². The number of nitrogens with zero attached hydrogens (tertiary/aromatic N) is 1. The molecule has 0 atom stereocenters. The molecule has 1 aliphatic carbocycles. The molecule has 1 aromatic rings. The number of hydrogen-bond donors (Lipinski definition) is 1. The summed E-state index contributed by atoms with van der Waals surface area (Å²) >= 11 is 1.66. The predicted molar refractivity (Wildman–Crippen MR) is 108 cm³/mol. The van der Waals surface area contributed by atoms with Gasteiger partial charge in [-0.05, 0) is 48.8 Å². The third-order valence-corrected chi connectivity index (χ3v) is 5.94. The minimum absolute atomic E-state index is 0. The Kier molecular flexibility index (Phi) is 9.11. The van der Waals surface area contributed by atoms with Crippen molar-refractivity contribution in [2.24, 2.45) is 11.1 Å². The number of ether oxygens (including phenoxy) is 1. The standard InChI is InChI=1S/C19H30N2O2S.ClH/c1-21(13-15-7-8-17(24-3)16(11-15)23-2)18(22)12-19(14-20)9-5-4-6-10-19;/h7-8,11H,4-6,9-10,12-14,20H2,1-3H3;1H. The Balaban J connectivity index is 0.00000312. The highest BCUT2D eigenvalue weighted by atomic mass is 35.5. The quantitative estimate of drug-likeness (QED) is 0.717. The van der Waals surface area contributed by atoms with Crippen LogP contribution in [-0.4, -0.2) is 37.8 Å². The number of benzene rings is 1. The molecular weight excluding hydrogens is 356 g/mol. The van der Waals surface area contributed by atoms with Crippen molar-refractivity contribution < 1.29 is 9.53 Å². The normalized spacial score (nSPS) is 16.0. The second-order valence-electron chi connectivity index (χ2n) is 6.88. The maximum absolute atomic E-state index is 12.7. The van der Waals surface area contributed by atoms with Gasteiger partial charge in [0.2, 0.25) is 5.91 Å². The Morgan fingerprint density at radius 2 is 2.00 bits per heavy atom. The second kappa shape index (κ2) is 10.3. The molecule has 1 fully saturated rings. The summed E-state index contributed by atoms with van der Waals surface area (Å²) < 4.78 is 5.43. The van der Waals surface area contributed by atoms with Crippen molar-refractivity contribution >= 4 is 30.1 Å². The lowest BCUT2D eigenvalue weighted by molar-refractivity contribution is -0.133. The van der Waals surface area contributed by atoms with E-state index >= 15 is 0 Å². The summed E-state index contributed by atoms with van der Waals surface area (Å²) in [6, 6.07) is 6.14. The molecule has 1 aliphatic rings. The van der Waals surface area contributed by atoms with Gasteiger partial charge in [-0.3, -0.25) is 4.79 Å². The van der Waals surface area contributed by atoms with Gasteiger partial charge in [0.05, 0.1) is 7.11 Å². The van der Waals surface area contributed by atoms with Gasteiger partial charge in [-0.15, -0.1) is 24.2 Å². The lowest BCUT2D eigenvalue weighted by Crippen LogP contribution is -2.39. The van der Waals surface area contributed by atoms with E-state index in [1.807, 2.05) is 24.3 Å². The smallest absolute Gasteiger partial charge is 0.223 e. The number of rotatable bonds is 7. The zero-order valence-electron chi connectivity index (χ0n) is 15.5. The third-order valence-electron chi connectivity index (χ3n) is 5.17. The Bertz CT molecular complexity index is 562. The van der Waals surface area contributed by atoms with Crippen LogP contribution >= 0.6 is 24.2 Å². The van der Waals surface area contributed by atoms with Crippen LogP contribution in [0.5, 0.6) is 5.75 Å². The highest BCUT2D eigenvalue weighted by molar-refractivity contribution is 7.98. The van der Waals surface area contributed by atoms with E-state index in [9.17, 15) is 4.79 Å². The van der Waals surface area contributed by atoms with Crippen molar-refractivity contribution in [3.63, 3.8) is 0 Å². The van der Waals surface area contributed by atoms with E-state index in [1.54, 1.807) is 18.9 Å². The molecule has 1 aromatic carbocycles. The van der Waals surface area contributed by atoms with Crippen molar-refractivity contribution in [2.45, 2.75) is 50.0 Å². The number of hydrogen-bond acceptors (Lipinski definition) is 4. The first-order valence-electron chi connectivity index (χ1n) is 8.68. The molecule has 4 nitrogen and oxygen atoms in total. The van der Waals surface area contributed by atoms with Crippen LogP contribution in [-0.2, 0) is 11.3 Å². The number of carbonyl (C=O) groups excluding carboxylic acids is 1. The molecule has 0 saturated heterocycles. The Hall–Kier alpha value is -0.910. The Labute approximate surface area is 162 Å². The molecule has 0 aliphatic heterocycles. The SMILES string of the molecule is COc1cc(CN(C)C(=O)CC2(CN)CCCCC2)ccc1SC.Cl. The van der Waals surface area contributed by atoms with Gasteiger partial charge in [0.1, 0.15) is 5.75 Å². The average molecular weight is 387 g/mol. The maximum atomic E-state index is 12.7. The van der Waals surface area contributed by atoms with Crippen LogP contribution in [0.3, 0.4) is 0 Å². The molecule has 2 rings (SSSR count). The number of methoxy groups -OCH3 is 1. The van der Waals surface area contributed by atoms with Crippen LogP contribution < -0.4 is 10.5 Å². The van der Waals surface area contributed by atoms with Crippen molar-refractivity contribution in [1.29, 1.82) is 0 Å². The number of thioether (sulfide) groups is 1. The van der Waals surface area contributed by atoms with E-state index in [0.29, 0.717) is 19.5 Å². The molecule has 1 saturated carbocycles. The van der Waals surface area contributed by atoms with Gasteiger partial charge in [-0.1, -0.05) is 25.3 Å². The first kappa shape index (κ1) is 22.1. The van der Waals surface area contributed by atoms with E-state index in [2.05, 4.69) is 12.1 Å². The van der Waals surface area contributed by atoms with Crippen LogP contribution in [0, 0.1) is 5.41 Å². The summed E-state index contributed by atoms with van der Waals surface area (Å²) in [5.74, 6) is 1.06. The second-order valence-corrected chi connectivity index (χ2v) is 7.73. The molecule has 0 unspecified atom stereocenters. The Morgan fingerprint density at radius 3 is 2.56 bits per heavy atom. The van der Waals surface area contributed by atoms with Gasteiger partial charge in [-0.2, -0.15) is 0 Å². The highest BCUT2D eigenvalue weighted by Crippen LogP contribution is 2.38. The topological polar surface area (TPSA) is 55.6 Å².